The molecule has 0 spiro atoms. The van der Waals surface area contributed by atoms with E-state index in [4.69, 9.17) is 0 Å². The Balaban J connectivity index is 1.64. The van der Waals surface area contributed by atoms with Crippen molar-refractivity contribution in [2.75, 3.05) is 0 Å². The predicted molar refractivity (Wildman–Crippen MR) is 103 cm³/mol. The molecule has 3 fully saturated rings. The van der Waals surface area contributed by atoms with E-state index in [-0.39, 0.29) is 17.4 Å². The molecule has 32 heavy (non-hydrogen) atoms. The fourth-order valence-corrected chi connectivity index (χ4v) is 7.16. The smallest absolute Gasteiger partial charge is 0.348 e. The molecule has 6 atom stereocenters. The van der Waals surface area contributed by atoms with Crippen LogP contribution in [-0.4, -0.2) is 36.3 Å². The van der Waals surface area contributed by atoms with Gasteiger partial charge in [0, 0.05) is 11.5 Å². The summed E-state index contributed by atoms with van der Waals surface area (Å²) in [6.07, 6.45) is -3.20. The lowest BCUT2D eigenvalue weighted by atomic mass is 9.48. The Kier molecular flexibility index (Phi) is 5.40. The standard InChI is InChI=1S/C22H28F6N2O2/c1-19-8-3-4-13(19)11-5-6-15-20(2,14(11)7-9-19)10-12(16(31)29-15)17(32)30-18(21(23,24)25)22(26,27)28/h10-11,13-15,18H,3-9H2,1-2H3,(H,29,31)(H,30,32)/t11-,13-,14+,15?,19-,20+/m0/s1. The first-order chi connectivity index (χ1) is 14.7. The van der Waals surface area contributed by atoms with E-state index in [0.29, 0.717) is 18.3 Å². The molecule has 3 aliphatic carbocycles. The summed E-state index contributed by atoms with van der Waals surface area (Å²) in [6.45, 7) is 4.19. The van der Waals surface area contributed by atoms with E-state index >= 15 is 0 Å². The van der Waals surface area contributed by atoms with Crippen molar-refractivity contribution < 1.29 is 35.9 Å². The SMILES string of the molecule is C[C@@]12CCC[C@H]1[C@@H]1CCC3NC(=O)C(C(=O)NC(C(F)(F)F)C(F)(F)F)=C[C@]3(C)[C@@H]1CC2. The van der Waals surface area contributed by atoms with E-state index in [1.807, 2.05) is 6.92 Å². The molecule has 4 nitrogen and oxygen atoms in total. The number of carbonyl (C=O) groups excluding carboxylic acids is 2. The fraction of sp³-hybridized carbons (Fsp3) is 0.818. The third-order valence-electron chi connectivity index (χ3n) is 8.74. The van der Waals surface area contributed by atoms with Crippen LogP contribution in [0.25, 0.3) is 0 Å². The van der Waals surface area contributed by atoms with Crippen molar-refractivity contribution in [2.45, 2.75) is 83.2 Å². The normalized spacial score (nSPS) is 39.5. The molecule has 0 aromatic heterocycles. The monoisotopic (exact) mass is 466 g/mol. The van der Waals surface area contributed by atoms with E-state index < -0.39 is 41.2 Å². The van der Waals surface area contributed by atoms with Crippen LogP contribution >= 0.6 is 0 Å². The van der Waals surface area contributed by atoms with Gasteiger partial charge in [-0.2, -0.15) is 26.3 Å². The Morgan fingerprint density at radius 1 is 1.03 bits per heavy atom. The Morgan fingerprint density at radius 3 is 2.31 bits per heavy atom. The fourth-order valence-electron chi connectivity index (χ4n) is 7.16. The number of alkyl halides is 6. The van der Waals surface area contributed by atoms with Crippen molar-refractivity contribution in [2.24, 2.45) is 28.6 Å². The molecule has 10 heteroatoms. The molecule has 3 saturated carbocycles. The van der Waals surface area contributed by atoms with Gasteiger partial charge in [-0.1, -0.05) is 26.3 Å². The van der Waals surface area contributed by atoms with Gasteiger partial charge in [0.2, 0.25) is 6.04 Å². The second-order valence-corrected chi connectivity index (χ2v) is 10.5. The number of fused-ring (bicyclic) bond motifs is 5. The van der Waals surface area contributed by atoms with Gasteiger partial charge < -0.3 is 10.6 Å². The van der Waals surface area contributed by atoms with Gasteiger partial charge in [-0.25, -0.2) is 0 Å². The number of nitrogens with one attached hydrogen (secondary N) is 2. The summed E-state index contributed by atoms with van der Waals surface area (Å²) in [5.41, 5.74) is -1.10. The van der Waals surface area contributed by atoms with Gasteiger partial charge in [-0.05, 0) is 61.7 Å². The van der Waals surface area contributed by atoms with Crippen LogP contribution in [0.5, 0.6) is 0 Å². The van der Waals surface area contributed by atoms with Crippen molar-refractivity contribution in [3.8, 4) is 0 Å². The van der Waals surface area contributed by atoms with Crippen LogP contribution in [0.15, 0.2) is 11.6 Å². The van der Waals surface area contributed by atoms with Crippen molar-refractivity contribution in [1.82, 2.24) is 10.6 Å². The van der Waals surface area contributed by atoms with Gasteiger partial charge in [0.25, 0.3) is 11.8 Å². The molecule has 0 bridgehead atoms. The van der Waals surface area contributed by atoms with Crippen LogP contribution in [0, 0.1) is 28.6 Å². The van der Waals surface area contributed by atoms with Gasteiger partial charge in [0.15, 0.2) is 0 Å². The Hall–Kier alpha value is -1.74. The Morgan fingerprint density at radius 2 is 1.69 bits per heavy atom. The van der Waals surface area contributed by atoms with Gasteiger partial charge in [-0.15, -0.1) is 0 Å². The number of halogens is 6. The van der Waals surface area contributed by atoms with E-state index in [9.17, 15) is 35.9 Å². The van der Waals surface area contributed by atoms with Crippen LogP contribution < -0.4 is 10.6 Å². The first-order valence-electron chi connectivity index (χ1n) is 11.1. The molecule has 4 rings (SSSR count). The molecule has 0 aromatic rings. The summed E-state index contributed by atoms with van der Waals surface area (Å²) in [4.78, 5) is 25.0. The van der Waals surface area contributed by atoms with Crippen LogP contribution in [-0.2, 0) is 9.59 Å². The lowest BCUT2D eigenvalue weighted by molar-refractivity contribution is -0.257. The zero-order valence-electron chi connectivity index (χ0n) is 18.0. The molecule has 1 aliphatic heterocycles. The number of amides is 2. The largest absolute Gasteiger partial charge is 0.417 e. The van der Waals surface area contributed by atoms with E-state index in [1.54, 1.807) is 0 Å². The number of hydrogen-bond acceptors (Lipinski definition) is 2. The lowest BCUT2D eigenvalue weighted by Crippen LogP contribution is -2.61. The maximum Gasteiger partial charge on any atom is 0.417 e. The van der Waals surface area contributed by atoms with Crippen molar-refractivity contribution in [3.63, 3.8) is 0 Å². The highest BCUT2D eigenvalue weighted by Gasteiger charge is 2.60. The van der Waals surface area contributed by atoms with Crippen LogP contribution in [0.2, 0.25) is 0 Å². The molecule has 2 amide bonds. The zero-order chi connectivity index (χ0) is 23.7. The minimum atomic E-state index is -5.72. The highest BCUT2D eigenvalue weighted by molar-refractivity contribution is 6.19. The Bertz CT molecular complexity index is 823. The predicted octanol–water partition coefficient (Wildman–Crippen LogP) is 4.65. The lowest BCUT2D eigenvalue weighted by Gasteiger charge is -2.58. The van der Waals surface area contributed by atoms with E-state index in [0.717, 1.165) is 43.8 Å². The average Bonchev–Trinajstić information content (AvgIpc) is 3.06. The van der Waals surface area contributed by atoms with E-state index in [2.05, 4.69) is 12.2 Å². The quantitative estimate of drug-likeness (QED) is 0.460. The van der Waals surface area contributed by atoms with Gasteiger partial charge in [0.05, 0.1) is 0 Å². The molecule has 2 N–H and O–H groups in total. The van der Waals surface area contributed by atoms with Gasteiger partial charge in [0.1, 0.15) is 5.57 Å². The number of hydrogen-bond donors (Lipinski definition) is 2. The molecule has 1 heterocycles. The third kappa shape index (κ3) is 3.71. The summed E-state index contributed by atoms with van der Waals surface area (Å²) in [5, 5.41) is 3.72. The topological polar surface area (TPSA) is 58.2 Å². The number of rotatable bonds is 2. The minimum absolute atomic E-state index is 0.113. The second kappa shape index (κ2) is 7.38. The highest BCUT2D eigenvalue weighted by atomic mass is 19.4. The minimum Gasteiger partial charge on any atom is -0.348 e. The van der Waals surface area contributed by atoms with Crippen LogP contribution in [0.3, 0.4) is 0 Å². The highest BCUT2D eigenvalue weighted by Crippen LogP contribution is 2.63. The molecule has 0 aromatic carbocycles. The summed E-state index contributed by atoms with van der Waals surface area (Å²) in [5.74, 6) is -1.58. The zero-order valence-corrected chi connectivity index (χ0v) is 18.0. The first kappa shape index (κ1) is 23.4. The summed E-state index contributed by atoms with van der Waals surface area (Å²) < 4.78 is 77.5. The molecule has 0 radical (unpaired) electrons. The van der Waals surface area contributed by atoms with Crippen LogP contribution in [0.1, 0.15) is 58.8 Å². The summed E-state index contributed by atoms with van der Waals surface area (Å²) in [7, 11) is 0. The second-order valence-electron chi connectivity index (χ2n) is 10.5. The van der Waals surface area contributed by atoms with Crippen molar-refractivity contribution >= 4 is 11.8 Å². The van der Waals surface area contributed by atoms with Crippen LogP contribution in [0.4, 0.5) is 26.3 Å². The molecule has 4 aliphatic rings. The van der Waals surface area contributed by atoms with Gasteiger partial charge in [-0.3, -0.25) is 9.59 Å². The van der Waals surface area contributed by atoms with Gasteiger partial charge >= 0.3 is 12.4 Å². The van der Waals surface area contributed by atoms with E-state index in [1.165, 1.54) is 6.08 Å². The molecular weight excluding hydrogens is 438 g/mol. The number of carbonyl (C=O) groups is 2. The molecule has 180 valence electrons. The first-order valence-corrected chi connectivity index (χ1v) is 11.1. The molecular formula is C22H28F6N2O2. The average molecular weight is 466 g/mol. The molecule has 0 saturated heterocycles. The Labute approximate surface area is 182 Å². The maximum atomic E-state index is 12.9. The summed E-state index contributed by atoms with van der Waals surface area (Å²) >= 11 is 0. The third-order valence-corrected chi connectivity index (χ3v) is 8.74. The summed E-state index contributed by atoms with van der Waals surface area (Å²) in [6, 6.07) is -4.32. The van der Waals surface area contributed by atoms with Crippen molar-refractivity contribution in [1.29, 1.82) is 0 Å². The molecule has 1 unspecified atom stereocenters. The maximum absolute atomic E-state index is 12.9. The van der Waals surface area contributed by atoms with Crippen molar-refractivity contribution in [3.05, 3.63) is 11.6 Å².